The standard InChI is InChI=1S/C15H18ClN3/c16-14-4-2-1-3-13(14)15-10-18-11-19(15)8-6-12-5-7-17-9-12/h1-4,10-12,17H,5-9H2. The number of aromatic nitrogens is 2. The Morgan fingerprint density at radius 3 is 3.05 bits per heavy atom. The molecule has 1 aromatic heterocycles. The molecular weight excluding hydrogens is 258 g/mol. The molecule has 3 nitrogen and oxygen atoms in total. The maximum atomic E-state index is 6.26. The van der Waals surface area contributed by atoms with E-state index < -0.39 is 0 Å². The Labute approximate surface area is 118 Å². The highest BCUT2D eigenvalue weighted by atomic mass is 35.5. The molecule has 2 aromatic rings. The number of aryl methyl sites for hydroxylation is 1. The first-order chi connectivity index (χ1) is 9.34. The minimum Gasteiger partial charge on any atom is -0.331 e. The number of imidazole rings is 1. The van der Waals surface area contributed by atoms with E-state index in [9.17, 15) is 0 Å². The van der Waals surface area contributed by atoms with E-state index in [1.807, 2.05) is 36.8 Å². The quantitative estimate of drug-likeness (QED) is 0.929. The average molecular weight is 276 g/mol. The van der Waals surface area contributed by atoms with Crippen molar-refractivity contribution in [2.45, 2.75) is 19.4 Å². The number of benzene rings is 1. The van der Waals surface area contributed by atoms with E-state index in [0.717, 1.165) is 41.8 Å². The maximum absolute atomic E-state index is 6.26. The monoisotopic (exact) mass is 275 g/mol. The largest absolute Gasteiger partial charge is 0.331 e. The van der Waals surface area contributed by atoms with E-state index in [1.165, 1.54) is 12.8 Å². The maximum Gasteiger partial charge on any atom is 0.0950 e. The fourth-order valence-corrected chi connectivity index (χ4v) is 2.91. The third-order valence-electron chi connectivity index (χ3n) is 3.80. The van der Waals surface area contributed by atoms with Crippen molar-refractivity contribution in [3.63, 3.8) is 0 Å². The number of nitrogens with zero attached hydrogens (tertiary/aromatic N) is 2. The molecule has 1 unspecified atom stereocenters. The Balaban J connectivity index is 1.76. The molecule has 4 heteroatoms. The van der Waals surface area contributed by atoms with Crippen LogP contribution in [0.4, 0.5) is 0 Å². The van der Waals surface area contributed by atoms with Gasteiger partial charge in [-0.2, -0.15) is 0 Å². The molecule has 1 aliphatic rings. The third kappa shape index (κ3) is 2.82. The van der Waals surface area contributed by atoms with Crippen LogP contribution in [0, 0.1) is 5.92 Å². The molecular formula is C15H18ClN3. The molecule has 0 amide bonds. The summed E-state index contributed by atoms with van der Waals surface area (Å²) in [6.07, 6.45) is 6.28. The van der Waals surface area contributed by atoms with Crippen LogP contribution in [0.2, 0.25) is 5.02 Å². The highest BCUT2D eigenvalue weighted by Gasteiger charge is 2.15. The molecule has 1 N–H and O–H groups in total. The van der Waals surface area contributed by atoms with Crippen LogP contribution in [-0.4, -0.2) is 22.6 Å². The zero-order valence-corrected chi connectivity index (χ0v) is 11.6. The summed E-state index contributed by atoms with van der Waals surface area (Å²) in [6.45, 7) is 3.31. The predicted molar refractivity (Wildman–Crippen MR) is 78.3 cm³/mol. The van der Waals surface area contributed by atoms with Crippen molar-refractivity contribution < 1.29 is 0 Å². The van der Waals surface area contributed by atoms with Gasteiger partial charge in [0.15, 0.2) is 0 Å². The fraction of sp³-hybridized carbons (Fsp3) is 0.400. The summed E-state index contributed by atoms with van der Waals surface area (Å²) in [4.78, 5) is 4.27. The molecule has 1 fully saturated rings. The number of nitrogens with one attached hydrogen (secondary N) is 1. The zero-order valence-electron chi connectivity index (χ0n) is 10.8. The number of rotatable bonds is 4. The first-order valence-corrected chi connectivity index (χ1v) is 7.18. The van der Waals surface area contributed by atoms with Gasteiger partial charge in [-0.1, -0.05) is 29.8 Å². The van der Waals surface area contributed by atoms with Crippen molar-refractivity contribution in [3.05, 3.63) is 41.8 Å². The Morgan fingerprint density at radius 1 is 1.37 bits per heavy atom. The van der Waals surface area contributed by atoms with Crippen molar-refractivity contribution in [2.24, 2.45) is 5.92 Å². The molecule has 0 saturated carbocycles. The van der Waals surface area contributed by atoms with Gasteiger partial charge in [0.25, 0.3) is 0 Å². The molecule has 1 aromatic carbocycles. The molecule has 2 heterocycles. The molecule has 0 bridgehead atoms. The first kappa shape index (κ1) is 12.7. The zero-order chi connectivity index (χ0) is 13.1. The molecule has 0 aliphatic carbocycles. The number of halogens is 1. The van der Waals surface area contributed by atoms with Crippen LogP contribution < -0.4 is 5.32 Å². The van der Waals surface area contributed by atoms with Crippen LogP contribution in [0.1, 0.15) is 12.8 Å². The van der Waals surface area contributed by atoms with Gasteiger partial charge in [0.2, 0.25) is 0 Å². The Hall–Kier alpha value is -1.32. The third-order valence-corrected chi connectivity index (χ3v) is 4.13. The number of hydrogen-bond acceptors (Lipinski definition) is 2. The van der Waals surface area contributed by atoms with E-state index in [1.54, 1.807) is 0 Å². The van der Waals surface area contributed by atoms with Crippen molar-refractivity contribution >= 4 is 11.6 Å². The molecule has 3 rings (SSSR count). The van der Waals surface area contributed by atoms with Crippen LogP contribution in [-0.2, 0) is 6.54 Å². The van der Waals surface area contributed by atoms with Gasteiger partial charge in [-0.3, -0.25) is 0 Å². The van der Waals surface area contributed by atoms with E-state index in [-0.39, 0.29) is 0 Å². The SMILES string of the molecule is Clc1ccccc1-c1cncn1CCC1CCNC1. The lowest BCUT2D eigenvalue weighted by molar-refractivity contribution is 0.481. The lowest BCUT2D eigenvalue weighted by Gasteiger charge is -2.12. The van der Waals surface area contributed by atoms with Crippen LogP contribution in [0.5, 0.6) is 0 Å². The Kier molecular flexibility index (Phi) is 3.85. The Bertz CT molecular complexity index is 544. The van der Waals surface area contributed by atoms with Crippen LogP contribution in [0.25, 0.3) is 11.3 Å². The second kappa shape index (κ2) is 5.76. The molecule has 19 heavy (non-hydrogen) atoms. The van der Waals surface area contributed by atoms with E-state index in [4.69, 9.17) is 11.6 Å². The molecule has 1 saturated heterocycles. The first-order valence-electron chi connectivity index (χ1n) is 6.80. The van der Waals surface area contributed by atoms with Crippen LogP contribution >= 0.6 is 11.6 Å². The summed E-state index contributed by atoms with van der Waals surface area (Å²) >= 11 is 6.26. The predicted octanol–water partition coefficient (Wildman–Crippen LogP) is 3.20. The lowest BCUT2D eigenvalue weighted by atomic mass is 10.1. The van der Waals surface area contributed by atoms with Crippen molar-refractivity contribution in [1.29, 1.82) is 0 Å². The summed E-state index contributed by atoms with van der Waals surface area (Å²) in [7, 11) is 0. The summed E-state index contributed by atoms with van der Waals surface area (Å²) in [5, 5.41) is 4.20. The summed E-state index contributed by atoms with van der Waals surface area (Å²) in [5.74, 6) is 0.793. The van der Waals surface area contributed by atoms with Gasteiger partial charge in [-0.05, 0) is 37.9 Å². The molecule has 1 aliphatic heterocycles. The van der Waals surface area contributed by atoms with E-state index >= 15 is 0 Å². The van der Waals surface area contributed by atoms with Gasteiger partial charge in [-0.25, -0.2) is 4.98 Å². The average Bonchev–Trinajstić information content (AvgIpc) is 3.08. The summed E-state index contributed by atoms with van der Waals surface area (Å²) in [6, 6.07) is 7.94. The van der Waals surface area contributed by atoms with Crippen molar-refractivity contribution in [2.75, 3.05) is 13.1 Å². The van der Waals surface area contributed by atoms with E-state index in [2.05, 4.69) is 14.9 Å². The van der Waals surface area contributed by atoms with E-state index in [0.29, 0.717) is 0 Å². The molecule has 1 atom stereocenters. The fourth-order valence-electron chi connectivity index (χ4n) is 2.67. The Morgan fingerprint density at radius 2 is 2.26 bits per heavy atom. The molecule has 100 valence electrons. The normalized spacial score (nSPS) is 18.9. The number of hydrogen-bond donors (Lipinski definition) is 1. The van der Waals surface area contributed by atoms with Crippen LogP contribution in [0.3, 0.4) is 0 Å². The molecule has 0 radical (unpaired) electrons. The smallest absolute Gasteiger partial charge is 0.0950 e. The summed E-state index contributed by atoms with van der Waals surface area (Å²) < 4.78 is 2.21. The van der Waals surface area contributed by atoms with Gasteiger partial charge in [0.05, 0.1) is 18.2 Å². The minimum atomic E-state index is 0.784. The van der Waals surface area contributed by atoms with Gasteiger partial charge in [0.1, 0.15) is 0 Å². The summed E-state index contributed by atoms with van der Waals surface area (Å²) in [5.41, 5.74) is 2.17. The topological polar surface area (TPSA) is 29.9 Å². The second-order valence-electron chi connectivity index (χ2n) is 5.10. The lowest BCUT2D eigenvalue weighted by Crippen LogP contribution is -2.11. The second-order valence-corrected chi connectivity index (χ2v) is 5.51. The highest BCUT2D eigenvalue weighted by Crippen LogP contribution is 2.27. The van der Waals surface area contributed by atoms with Crippen molar-refractivity contribution in [3.8, 4) is 11.3 Å². The van der Waals surface area contributed by atoms with Crippen LogP contribution in [0.15, 0.2) is 36.8 Å². The molecule has 0 spiro atoms. The van der Waals surface area contributed by atoms with Gasteiger partial charge in [0, 0.05) is 17.1 Å². The van der Waals surface area contributed by atoms with Gasteiger partial charge in [-0.15, -0.1) is 0 Å². The minimum absolute atomic E-state index is 0.784. The van der Waals surface area contributed by atoms with Crippen molar-refractivity contribution in [1.82, 2.24) is 14.9 Å². The highest BCUT2D eigenvalue weighted by molar-refractivity contribution is 6.33. The van der Waals surface area contributed by atoms with Gasteiger partial charge < -0.3 is 9.88 Å². The van der Waals surface area contributed by atoms with Gasteiger partial charge >= 0.3 is 0 Å².